The highest BCUT2D eigenvalue weighted by molar-refractivity contribution is 9.10. The summed E-state index contributed by atoms with van der Waals surface area (Å²) in [6.45, 7) is 8.35. The standard InChI is InChI=1S/C22H23N7O2.C21H20BrN7O2.CH5BO2/c1-15-13-26-28-12-11-23-21(20(15)28)31-17-8-7-16(2)27(14-17)22(30)18-5-3-4-6-19(18)29-24-9-10-25-29;1-14-6-7-15(31-20-19-17(22)12-26-28(19)11-10-23-20)13-27(14)21(30)16-4-2-3-5-18(16)29-24-8-9-25-29;1-2(3)4/h3-6,9-13,16-17H,7-8,14H2,1-2H3;2-5,8-12,14-15H,6-7,13H2,1H3;3-4H,1H3/t16-,17-;14-,15-;/m11./s1. The summed E-state index contributed by atoms with van der Waals surface area (Å²) in [7, 11) is -1.17. The number of ether oxygens (including phenoxy) is 2. The molecule has 2 N–H and O–H groups in total. The average molecular weight is 960 g/mol. The molecule has 2 fully saturated rings. The Morgan fingerprint density at radius 1 is 0.636 bits per heavy atom. The Labute approximate surface area is 388 Å². The number of amides is 2. The maximum atomic E-state index is 13.5. The molecule has 2 aliphatic rings. The van der Waals surface area contributed by atoms with Crippen molar-refractivity contribution in [3.05, 3.63) is 132 Å². The second-order valence-electron chi connectivity index (χ2n) is 15.9. The molecular weight excluding hydrogens is 911 g/mol. The molecule has 0 unspecified atom stereocenters. The summed E-state index contributed by atoms with van der Waals surface area (Å²) < 4.78 is 16.8. The van der Waals surface area contributed by atoms with Crippen molar-refractivity contribution in [2.45, 2.75) is 77.6 Å². The first kappa shape index (κ1) is 45.5. The third-order valence-electron chi connectivity index (χ3n) is 11.2. The van der Waals surface area contributed by atoms with E-state index in [2.05, 4.69) is 70.3 Å². The zero-order valence-electron chi connectivity index (χ0n) is 36.7. The monoisotopic (exact) mass is 958 g/mol. The van der Waals surface area contributed by atoms with Gasteiger partial charge in [0.15, 0.2) is 0 Å². The van der Waals surface area contributed by atoms with Crippen LogP contribution >= 0.6 is 15.9 Å². The van der Waals surface area contributed by atoms with Gasteiger partial charge >= 0.3 is 7.12 Å². The molecule has 0 bridgehead atoms. The molecule has 0 spiro atoms. The van der Waals surface area contributed by atoms with E-state index in [9.17, 15) is 9.59 Å². The van der Waals surface area contributed by atoms with E-state index in [0.717, 1.165) is 46.8 Å². The van der Waals surface area contributed by atoms with Crippen molar-refractivity contribution in [3.63, 3.8) is 0 Å². The summed E-state index contributed by atoms with van der Waals surface area (Å²) in [5, 5.41) is 40.6. The highest BCUT2D eigenvalue weighted by atomic mass is 79.9. The molecule has 66 heavy (non-hydrogen) atoms. The van der Waals surface area contributed by atoms with Crippen molar-refractivity contribution in [2.24, 2.45) is 0 Å². The molecular formula is C44H48BBrN14O6. The van der Waals surface area contributed by atoms with Crippen LogP contribution in [0.25, 0.3) is 22.4 Å². The van der Waals surface area contributed by atoms with Gasteiger partial charge in [-0.3, -0.25) is 9.59 Å². The molecule has 2 aromatic carbocycles. The Bertz CT molecular complexity index is 2700. The number of para-hydroxylation sites is 2. The predicted molar refractivity (Wildman–Crippen MR) is 245 cm³/mol. The lowest BCUT2D eigenvalue weighted by Crippen LogP contribution is -2.49. The van der Waals surface area contributed by atoms with E-state index in [1.807, 2.05) is 65.3 Å². The van der Waals surface area contributed by atoms with Gasteiger partial charge in [0.25, 0.3) is 11.8 Å². The maximum Gasteiger partial charge on any atom is 0.448 e. The summed E-state index contributed by atoms with van der Waals surface area (Å²) in [6.07, 6.45) is 19.8. The van der Waals surface area contributed by atoms with Gasteiger partial charge in [-0.15, -0.1) is 0 Å². The molecule has 0 saturated carbocycles. The number of likely N-dealkylation sites (tertiary alicyclic amines) is 2. The third kappa shape index (κ3) is 10.1. The van der Waals surface area contributed by atoms with Gasteiger partial charge in [-0.1, -0.05) is 24.3 Å². The summed E-state index contributed by atoms with van der Waals surface area (Å²) in [5.41, 5.74) is 5.07. The van der Waals surface area contributed by atoms with Crippen LogP contribution in [0.1, 0.15) is 65.8 Å². The molecule has 6 aromatic heterocycles. The van der Waals surface area contributed by atoms with E-state index in [-0.39, 0.29) is 36.1 Å². The van der Waals surface area contributed by atoms with E-state index >= 15 is 0 Å². The SMILES string of the molecule is CB(O)O.C[C@@H]1CC[C@@H](Oc2nccn3ncc(Br)c23)CN1C(=O)c1ccccc1-n1nccn1.Cc1cnn2ccnc(O[C@@H]3CC[C@@H](C)N(C(=O)c4ccccc4-n4nccn4)C3)c12. The van der Waals surface area contributed by atoms with Crippen LogP contribution < -0.4 is 9.47 Å². The Kier molecular flexibility index (Phi) is 14.1. The van der Waals surface area contributed by atoms with Crippen molar-refractivity contribution < 1.29 is 29.1 Å². The molecule has 2 aliphatic heterocycles. The van der Waals surface area contributed by atoms with Gasteiger partial charge in [0.1, 0.15) is 23.2 Å². The number of carbonyl (C=O) groups excluding carboxylic acids is 2. The number of hydrogen-bond acceptors (Lipinski definition) is 14. The number of aromatic nitrogens is 12. The highest BCUT2D eigenvalue weighted by Crippen LogP contribution is 2.30. The number of nitrogens with zero attached hydrogens (tertiary/aromatic N) is 14. The van der Waals surface area contributed by atoms with Gasteiger partial charge in [0, 0.05) is 42.4 Å². The number of benzene rings is 2. The fourth-order valence-corrected chi connectivity index (χ4v) is 8.42. The maximum absolute atomic E-state index is 13.5. The fourth-order valence-electron chi connectivity index (χ4n) is 7.97. The number of halogens is 1. The number of hydrogen-bond donors (Lipinski definition) is 2. The highest BCUT2D eigenvalue weighted by Gasteiger charge is 2.34. The first-order chi connectivity index (χ1) is 32.0. The molecule has 0 aliphatic carbocycles. The van der Waals surface area contributed by atoms with Gasteiger partial charge in [-0.2, -0.15) is 40.2 Å². The van der Waals surface area contributed by atoms with Crippen LogP contribution in [0, 0.1) is 6.92 Å². The minimum absolute atomic E-state index is 0.0552. The van der Waals surface area contributed by atoms with Crippen molar-refractivity contribution in [1.82, 2.24) is 69.0 Å². The summed E-state index contributed by atoms with van der Waals surface area (Å²) >= 11 is 3.50. The van der Waals surface area contributed by atoms with E-state index in [0.29, 0.717) is 47.4 Å². The van der Waals surface area contributed by atoms with Gasteiger partial charge in [-0.05, 0) is 93.5 Å². The zero-order chi connectivity index (χ0) is 46.3. The lowest BCUT2D eigenvalue weighted by atomic mass is 9.99. The topological polar surface area (TPSA) is 221 Å². The van der Waals surface area contributed by atoms with E-state index < -0.39 is 7.12 Å². The first-order valence-corrected chi connectivity index (χ1v) is 22.3. The molecule has 2 amide bonds. The molecule has 8 aromatic rings. The van der Waals surface area contributed by atoms with E-state index in [1.165, 1.54) is 16.4 Å². The van der Waals surface area contributed by atoms with Crippen LogP contribution in [0.5, 0.6) is 11.8 Å². The van der Waals surface area contributed by atoms with Crippen molar-refractivity contribution in [2.75, 3.05) is 13.1 Å². The number of aryl methyl sites for hydroxylation is 1. The van der Waals surface area contributed by atoms with Crippen LogP contribution in [0.15, 0.2) is 115 Å². The van der Waals surface area contributed by atoms with Crippen molar-refractivity contribution in [3.8, 4) is 23.1 Å². The second kappa shape index (κ2) is 20.4. The van der Waals surface area contributed by atoms with Gasteiger partial charge in [0.05, 0.1) is 77.2 Å². The van der Waals surface area contributed by atoms with Gasteiger partial charge < -0.3 is 29.3 Å². The van der Waals surface area contributed by atoms with E-state index in [4.69, 9.17) is 19.5 Å². The third-order valence-corrected chi connectivity index (χ3v) is 11.8. The van der Waals surface area contributed by atoms with Crippen molar-refractivity contribution in [1.29, 1.82) is 0 Å². The zero-order valence-corrected chi connectivity index (χ0v) is 38.3. The largest absolute Gasteiger partial charge is 0.471 e. The Morgan fingerprint density at radius 2 is 1.06 bits per heavy atom. The molecule has 4 atom stereocenters. The summed E-state index contributed by atoms with van der Waals surface area (Å²) in [6, 6.07) is 15.0. The Hall–Kier alpha value is -7.04. The minimum atomic E-state index is -1.17. The minimum Gasteiger partial charge on any atom is -0.471 e. The van der Waals surface area contributed by atoms with Crippen molar-refractivity contribution >= 4 is 45.9 Å². The average Bonchev–Trinajstić information content (AvgIpc) is 4.18. The smallest absolute Gasteiger partial charge is 0.448 e. The number of fused-ring (bicyclic) bond motifs is 2. The molecule has 10 rings (SSSR count). The lowest BCUT2D eigenvalue weighted by molar-refractivity contribution is 0.0373. The van der Waals surface area contributed by atoms with Crippen LogP contribution in [0.4, 0.5) is 0 Å². The molecule has 0 radical (unpaired) electrons. The van der Waals surface area contributed by atoms with Crippen LogP contribution in [0.2, 0.25) is 6.82 Å². The van der Waals surface area contributed by atoms with Crippen LogP contribution in [0.3, 0.4) is 0 Å². The fraction of sp³-hybridized carbons (Fsp3) is 0.318. The Balaban J connectivity index is 0.000000166. The summed E-state index contributed by atoms with van der Waals surface area (Å²) in [5.74, 6) is 0.927. The molecule has 340 valence electrons. The first-order valence-electron chi connectivity index (χ1n) is 21.5. The molecule has 20 nitrogen and oxygen atoms in total. The molecule has 22 heteroatoms. The summed E-state index contributed by atoms with van der Waals surface area (Å²) in [4.78, 5) is 42.5. The predicted octanol–water partition coefficient (Wildman–Crippen LogP) is 4.92. The molecule has 2 saturated heterocycles. The Morgan fingerprint density at radius 3 is 1.55 bits per heavy atom. The van der Waals surface area contributed by atoms with E-state index in [1.54, 1.807) is 71.0 Å². The lowest BCUT2D eigenvalue weighted by Gasteiger charge is -2.38. The van der Waals surface area contributed by atoms with Gasteiger partial charge in [0.2, 0.25) is 11.8 Å². The second-order valence-corrected chi connectivity index (χ2v) is 16.8. The number of rotatable bonds is 8. The van der Waals surface area contributed by atoms with Crippen LogP contribution in [-0.4, -0.2) is 135 Å². The normalized spacial score (nSPS) is 18.2. The van der Waals surface area contributed by atoms with Gasteiger partial charge in [-0.25, -0.2) is 19.0 Å². The van der Waals surface area contributed by atoms with Crippen LogP contribution in [-0.2, 0) is 0 Å². The number of piperidine rings is 2. The number of carbonyl (C=O) groups is 2. The molecule has 8 heterocycles. The quantitative estimate of drug-likeness (QED) is 0.193.